The van der Waals surface area contributed by atoms with Crippen LogP contribution in [-0.4, -0.2) is 168 Å². The van der Waals surface area contributed by atoms with Crippen LogP contribution in [0.4, 0.5) is 0 Å². The van der Waals surface area contributed by atoms with Crippen LogP contribution >= 0.6 is 0 Å². The zero-order valence-corrected chi connectivity index (χ0v) is 17.7. The van der Waals surface area contributed by atoms with E-state index in [0.717, 1.165) is 0 Å². The maximum Gasteiger partial charge on any atom is 0.187 e. The van der Waals surface area contributed by atoms with Gasteiger partial charge >= 0.3 is 0 Å². The summed E-state index contributed by atoms with van der Waals surface area (Å²) in [6.45, 7) is -2.33. The minimum Gasteiger partial charge on any atom is -0.394 e. The summed E-state index contributed by atoms with van der Waals surface area (Å²) in [7, 11) is 0. The highest BCUT2D eigenvalue weighted by molar-refractivity contribution is 4.96. The second kappa shape index (κ2) is 11.6. The van der Waals surface area contributed by atoms with E-state index in [1.54, 1.807) is 0 Å². The predicted octanol–water partition coefficient (Wildman–Crippen LogP) is -7.57. The van der Waals surface area contributed by atoms with Crippen molar-refractivity contribution in [2.24, 2.45) is 0 Å². The lowest BCUT2D eigenvalue weighted by molar-refractivity contribution is -0.387. The van der Waals surface area contributed by atoms with Crippen molar-refractivity contribution < 1.29 is 79.9 Å². The van der Waals surface area contributed by atoms with Gasteiger partial charge in [-0.3, -0.25) is 0 Å². The third kappa shape index (κ3) is 5.37. The third-order valence-corrected chi connectivity index (χ3v) is 6.10. The Balaban J connectivity index is 1.83. The van der Waals surface area contributed by atoms with E-state index in [4.69, 9.17) is 23.7 Å². The molecule has 15 atom stereocenters. The molecule has 0 radical (unpaired) electrons. The van der Waals surface area contributed by atoms with E-state index in [1.165, 1.54) is 0 Å². The minimum atomic E-state index is -1.94. The Morgan fingerprint density at radius 3 is 1.24 bits per heavy atom. The highest BCUT2D eigenvalue weighted by atomic mass is 16.8. The topological polar surface area (TPSA) is 269 Å². The molecule has 3 aliphatic rings. The summed E-state index contributed by atoms with van der Waals surface area (Å²) in [4.78, 5) is 0. The Labute approximate surface area is 192 Å². The second-order valence-electron chi connectivity index (χ2n) is 8.33. The molecule has 0 aromatic rings. The molecule has 3 aliphatic heterocycles. The lowest BCUT2D eigenvalue weighted by Crippen LogP contribution is -2.67. The molecular weight excluding hydrogens is 472 g/mol. The van der Waals surface area contributed by atoms with Gasteiger partial charge in [-0.2, -0.15) is 0 Å². The Bertz CT molecular complexity index is 637. The molecule has 11 N–H and O–H groups in total. The van der Waals surface area contributed by atoms with Gasteiger partial charge in [0.1, 0.15) is 73.2 Å². The van der Waals surface area contributed by atoms with Gasteiger partial charge in [0.05, 0.1) is 19.8 Å². The van der Waals surface area contributed by atoms with E-state index in [0.29, 0.717) is 0 Å². The Morgan fingerprint density at radius 2 is 0.824 bits per heavy atom. The number of hydrogen-bond acceptors (Lipinski definition) is 16. The summed E-state index contributed by atoms with van der Waals surface area (Å²) >= 11 is 0. The van der Waals surface area contributed by atoms with Crippen LogP contribution < -0.4 is 0 Å². The molecule has 0 aromatic carbocycles. The third-order valence-electron chi connectivity index (χ3n) is 6.10. The molecule has 16 nitrogen and oxygen atoms in total. The molecule has 0 aliphatic carbocycles. The van der Waals surface area contributed by atoms with E-state index in [9.17, 15) is 56.2 Å². The van der Waals surface area contributed by atoms with E-state index in [-0.39, 0.29) is 0 Å². The fraction of sp³-hybridized carbons (Fsp3) is 1.00. The first-order valence-corrected chi connectivity index (χ1v) is 10.6. The highest BCUT2D eigenvalue weighted by Gasteiger charge is 2.53. The van der Waals surface area contributed by atoms with Gasteiger partial charge in [0.25, 0.3) is 0 Å². The first kappa shape index (κ1) is 27.9. The summed E-state index contributed by atoms with van der Waals surface area (Å²) in [6, 6.07) is 0. The van der Waals surface area contributed by atoms with Crippen LogP contribution in [0.1, 0.15) is 0 Å². The van der Waals surface area contributed by atoms with Crippen LogP contribution in [0.25, 0.3) is 0 Å². The second-order valence-corrected chi connectivity index (χ2v) is 8.33. The molecule has 0 bridgehead atoms. The van der Waals surface area contributed by atoms with Crippen molar-refractivity contribution in [2.75, 3.05) is 19.8 Å². The quantitative estimate of drug-likeness (QED) is 0.154. The van der Waals surface area contributed by atoms with Crippen LogP contribution in [-0.2, 0) is 23.7 Å². The summed E-state index contributed by atoms with van der Waals surface area (Å²) < 4.78 is 26.5. The standard InChI is InChI=1S/C18H32O16/c19-1-4-7(22)10(25)12(27)17(31-4)33-14-9(24)6(3-21)30-16(29)15(14)34-18-13(28)11(26)8(23)5(2-20)32-18/h4-29H,1-3H2/t4-,5+,6-,7+,8-,9+,10+,11-,12-,13+,14+,15-,16-,17+,18-/m0/s1. The smallest absolute Gasteiger partial charge is 0.187 e. The summed E-state index contributed by atoms with van der Waals surface area (Å²) in [5.74, 6) is 0. The van der Waals surface area contributed by atoms with Crippen molar-refractivity contribution in [3.8, 4) is 0 Å². The van der Waals surface area contributed by atoms with Crippen molar-refractivity contribution in [1.29, 1.82) is 0 Å². The van der Waals surface area contributed by atoms with Crippen molar-refractivity contribution >= 4 is 0 Å². The van der Waals surface area contributed by atoms with E-state index in [1.807, 2.05) is 0 Å². The van der Waals surface area contributed by atoms with Gasteiger partial charge in [-0.1, -0.05) is 0 Å². The Morgan fingerprint density at radius 1 is 0.441 bits per heavy atom. The van der Waals surface area contributed by atoms with Crippen LogP contribution in [0, 0.1) is 0 Å². The Kier molecular flexibility index (Phi) is 9.54. The van der Waals surface area contributed by atoms with Gasteiger partial charge in [-0.05, 0) is 0 Å². The monoisotopic (exact) mass is 504 g/mol. The number of aliphatic hydroxyl groups excluding tert-OH is 11. The molecule has 0 aromatic heterocycles. The molecule has 3 rings (SSSR count). The van der Waals surface area contributed by atoms with E-state index < -0.39 is 112 Å². The van der Waals surface area contributed by atoms with E-state index in [2.05, 4.69) is 0 Å². The van der Waals surface area contributed by atoms with Gasteiger partial charge in [-0.25, -0.2) is 0 Å². The molecule has 200 valence electrons. The number of hydrogen-bond donors (Lipinski definition) is 11. The molecule has 3 heterocycles. The van der Waals surface area contributed by atoms with E-state index >= 15 is 0 Å². The molecule has 3 fully saturated rings. The molecule has 0 spiro atoms. The molecule has 0 amide bonds. The number of aliphatic hydroxyl groups is 11. The SMILES string of the molecule is OC[C@@H]1O[C@H](O[C@@H]2[C@H](O)[C@H](CO)O[C@H](O)[C@H]2O[C@@H]2O[C@H](CO)[C@H](O)[C@H](O)[C@H]2O)[C@@H](O)[C@H](O)[C@@H]1O. The minimum absolute atomic E-state index is 0.769. The maximum atomic E-state index is 10.6. The van der Waals surface area contributed by atoms with Gasteiger partial charge in [0.15, 0.2) is 18.9 Å². The van der Waals surface area contributed by atoms with Crippen LogP contribution in [0.5, 0.6) is 0 Å². The summed E-state index contributed by atoms with van der Waals surface area (Å²) in [5, 5.41) is 109. The number of ether oxygens (including phenoxy) is 5. The van der Waals surface area contributed by atoms with Crippen LogP contribution in [0.2, 0.25) is 0 Å². The normalized spacial score (nSPS) is 52.5. The molecule has 3 saturated heterocycles. The zero-order valence-electron chi connectivity index (χ0n) is 17.7. The molecule has 0 saturated carbocycles. The summed E-state index contributed by atoms with van der Waals surface area (Å²) in [6.07, 6.45) is -25.6. The highest BCUT2D eigenvalue weighted by Crippen LogP contribution is 2.32. The van der Waals surface area contributed by atoms with Gasteiger partial charge in [0.2, 0.25) is 0 Å². The molecular formula is C18H32O16. The molecule has 0 unspecified atom stereocenters. The molecule has 16 heteroatoms. The van der Waals surface area contributed by atoms with Crippen molar-refractivity contribution in [2.45, 2.75) is 92.1 Å². The van der Waals surface area contributed by atoms with Crippen molar-refractivity contribution in [3.05, 3.63) is 0 Å². The lowest BCUT2D eigenvalue weighted by Gasteiger charge is -2.48. The first-order chi connectivity index (χ1) is 16.0. The maximum absolute atomic E-state index is 10.6. The summed E-state index contributed by atoms with van der Waals surface area (Å²) in [5.41, 5.74) is 0. The Hall–Kier alpha value is -0.640. The van der Waals surface area contributed by atoms with Crippen LogP contribution in [0.3, 0.4) is 0 Å². The lowest BCUT2D eigenvalue weighted by atomic mass is 9.96. The number of rotatable bonds is 7. The van der Waals surface area contributed by atoms with Crippen molar-refractivity contribution in [3.63, 3.8) is 0 Å². The fourth-order valence-electron chi connectivity index (χ4n) is 4.03. The first-order valence-electron chi connectivity index (χ1n) is 10.6. The van der Waals surface area contributed by atoms with Gasteiger partial charge in [-0.15, -0.1) is 0 Å². The largest absolute Gasteiger partial charge is 0.394 e. The fourth-order valence-corrected chi connectivity index (χ4v) is 4.03. The van der Waals surface area contributed by atoms with Crippen LogP contribution in [0.15, 0.2) is 0 Å². The average molecular weight is 504 g/mol. The molecule has 34 heavy (non-hydrogen) atoms. The predicted molar refractivity (Wildman–Crippen MR) is 101 cm³/mol. The van der Waals surface area contributed by atoms with Crippen molar-refractivity contribution in [1.82, 2.24) is 0 Å². The van der Waals surface area contributed by atoms with Gasteiger partial charge in [0, 0.05) is 0 Å². The van der Waals surface area contributed by atoms with Gasteiger partial charge < -0.3 is 79.9 Å². The average Bonchev–Trinajstić information content (AvgIpc) is 2.83. The zero-order chi connectivity index (χ0) is 25.3.